The Balaban J connectivity index is 2.78. The van der Waals surface area contributed by atoms with Gasteiger partial charge in [-0.25, -0.2) is 0 Å². The topological polar surface area (TPSA) is 12.0 Å². The van der Waals surface area contributed by atoms with Crippen molar-refractivity contribution in [2.24, 2.45) is 0 Å². The lowest BCUT2D eigenvalue weighted by atomic mass is 9.92. The predicted octanol–water partition coefficient (Wildman–Crippen LogP) is 3.29. The van der Waals surface area contributed by atoms with Crippen LogP contribution in [0.1, 0.15) is 27.8 Å². The van der Waals surface area contributed by atoms with Gasteiger partial charge in [-0.05, 0) is 68.5 Å². The second-order valence-corrected chi connectivity index (χ2v) is 4.81. The Morgan fingerprint density at radius 3 is 2.06 bits per heavy atom. The second-order valence-electron chi connectivity index (χ2n) is 4.43. The molecule has 0 aliphatic heterocycles. The fourth-order valence-electron chi connectivity index (χ4n) is 2.08. The summed E-state index contributed by atoms with van der Waals surface area (Å²) in [5.74, 6) is 0.685. The monoisotopic (exact) mass is 239 g/mol. The molecule has 0 heterocycles. The van der Waals surface area contributed by atoms with Crippen LogP contribution in [0.5, 0.6) is 0 Å². The van der Waals surface area contributed by atoms with E-state index in [9.17, 15) is 0 Å². The average Bonchev–Trinajstić information content (AvgIpc) is 2.25. The Kier molecular flexibility index (Phi) is 5.30. The minimum Gasteiger partial charge on any atom is -0.315 e. The van der Waals surface area contributed by atoms with E-state index in [1.54, 1.807) is 0 Å². The van der Waals surface area contributed by atoms with Crippen molar-refractivity contribution in [3.63, 3.8) is 0 Å². The first-order chi connectivity index (χ1) is 7.57. The third-order valence-electron chi connectivity index (χ3n) is 3.34. The van der Waals surface area contributed by atoms with Gasteiger partial charge in [0.15, 0.2) is 0 Å². The number of hydrogen-bond acceptors (Lipinski definition) is 1. The minimum atomic E-state index is 0.685. The molecule has 0 aromatic heterocycles. The van der Waals surface area contributed by atoms with Crippen molar-refractivity contribution in [2.45, 2.75) is 34.1 Å². The number of hydrogen-bond donors (Lipinski definition) is 1. The Hall–Kier alpha value is -0.530. The third kappa shape index (κ3) is 3.23. The molecule has 0 aliphatic carbocycles. The molecule has 1 rings (SSSR count). The van der Waals surface area contributed by atoms with Gasteiger partial charge in [-0.3, -0.25) is 0 Å². The molecule has 0 aliphatic rings. The van der Waals surface area contributed by atoms with Gasteiger partial charge in [-0.1, -0.05) is 6.07 Å². The van der Waals surface area contributed by atoms with Gasteiger partial charge in [0.25, 0.3) is 0 Å². The lowest BCUT2D eigenvalue weighted by Crippen LogP contribution is -2.20. The molecule has 1 aromatic carbocycles. The van der Waals surface area contributed by atoms with Crippen LogP contribution in [0.15, 0.2) is 6.07 Å². The molecular formula is C14H22ClN. The van der Waals surface area contributed by atoms with Crippen molar-refractivity contribution in [1.29, 1.82) is 0 Å². The number of benzene rings is 1. The smallest absolute Gasteiger partial charge is 0.0348 e. The third-order valence-corrected chi connectivity index (χ3v) is 3.53. The summed E-state index contributed by atoms with van der Waals surface area (Å²) in [5, 5.41) is 3.34. The molecule has 90 valence electrons. The van der Waals surface area contributed by atoms with E-state index < -0.39 is 0 Å². The molecule has 1 nitrogen and oxygen atoms in total. The first kappa shape index (κ1) is 13.5. The maximum atomic E-state index is 5.63. The standard InChI is InChI=1S/C14H22ClN/c1-10-9-11(2)13(4)14(12(10)3)5-7-16-8-6-15/h9,16H,5-8H2,1-4H3. The van der Waals surface area contributed by atoms with E-state index in [-0.39, 0.29) is 0 Å². The van der Waals surface area contributed by atoms with Crippen LogP contribution in [-0.2, 0) is 6.42 Å². The van der Waals surface area contributed by atoms with Gasteiger partial charge in [0, 0.05) is 12.4 Å². The molecule has 0 spiro atoms. The normalized spacial score (nSPS) is 10.8. The molecular weight excluding hydrogens is 218 g/mol. The predicted molar refractivity (Wildman–Crippen MR) is 72.7 cm³/mol. The molecule has 0 saturated heterocycles. The summed E-state index contributed by atoms with van der Waals surface area (Å²) in [4.78, 5) is 0. The Morgan fingerprint density at radius 2 is 1.56 bits per heavy atom. The van der Waals surface area contributed by atoms with Gasteiger partial charge in [0.2, 0.25) is 0 Å². The highest BCUT2D eigenvalue weighted by Crippen LogP contribution is 2.21. The molecule has 1 aromatic rings. The molecule has 16 heavy (non-hydrogen) atoms. The molecule has 0 amide bonds. The van der Waals surface area contributed by atoms with Crippen molar-refractivity contribution in [3.05, 3.63) is 33.9 Å². The Labute approximate surface area is 104 Å². The van der Waals surface area contributed by atoms with Crippen LogP contribution in [0.3, 0.4) is 0 Å². The zero-order chi connectivity index (χ0) is 12.1. The summed E-state index contributed by atoms with van der Waals surface area (Å²) >= 11 is 5.63. The number of halogens is 1. The molecule has 0 unspecified atom stereocenters. The average molecular weight is 240 g/mol. The summed E-state index contributed by atoms with van der Waals surface area (Å²) in [7, 11) is 0. The van der Waals surface area contributed by atoms with Crippen molar-refractivity contribution >= 4 is 11.6 Å². The number of alkyl halides is 1. The van der Waals surface area contributed by atoms with E-state index in [0.29, 0.717) is 5.88 Å². The molecule has 0 bridgehead atoms. The highest BCUT2D eigenvalue weighted by molar-refractivity contribution is 6.18. The van der Waals surface area contributed by atoms with Crippen LogP contribution in [0.4, 0.5) is 0 Å². The van der Waals surface area contributed by atoms with Crippen molar-refractivity contribution in [1.82, 2.24) is 5.32 Å². The molecule has 0 fully saturated rings. The van der Waals surface area contributed by atoms with Crippen LogP contribution in [0, 0.1) is 27.7 Å². The first-order valence-corrected chi connectivity index (χ1v) is 6.44. The lowest BCUT2D eigenvalue weighted by molar-refractivity contribution is 0.715. The van der Waals surface area contributed by atoms with E-state index >= 15 is 0 Å². The quantitative estimate of drug-likeness (QED) is 0.614. The van der Waals surface area contributed by atoms with E-state index in [1.807, 2.05) is 0 Å². The summed E-state index contributed by atoms with van der Waals surface area (Å²) < 4.78 is 0. The molecule has 2 heteroatoms. The van der Waals surface area contributed by atoms with Gasteiger partial charge in [-0.15, -0.1) is 11.6 Å². The molecule has 0 saturated carbocycles. The van der Waals surface area contributed by atoms with Gasteiger partial charge in [0.05, 0.1) is 0 Å². The van der Waals surface area contributed by atoms with Crippen LogP contribution in [-0.4, -0.2) is 19.0 Å². The van der Waals surface area contributed by atoms with Gasteiger partial charge >= 0.3 is 0 Å². The molecule has 0 atom stereocenters. The first-order valence-electron chi connectivity index (χ1n) is 5.91. The Morgan fingerprint density at radius 1 is 1.00 bits per heavy atom. The van der Waals surface area contributed by atoms with Gasteiger partial charge in [0.1, 0.15) is 0 Å². The van der Waals surface area contributed by atoms with E-state index in [0.717, 1.165) is 19.5 Å². The highest BCUT2D eigenvalue weighted by Gasteiger charge is 2.07. The fraction of sp³-hybridized carbons (Fsp3) is 0.571. The van der Waals surface area contributed by atoms with E-state index in [2.05, 4.69) is 39.1 Å². The van der Waals surface area contributed by atoms with Crippen molar-refractivity contribution in [2.75, 3.05) is 19.0 Å². The second kappa shape index (κ2) is 6.27. The maximum Gasteiger partial charge on any atom is 0.0348 e. The van der Waals surface area contributed by atoms with Gasteiger partial charge < -0.3 is 5.32 Å². The largest absolute Gasteiger partial charge is 0.315 e. The summed E-state index contributed by atoms with van der Waals surface area (Å²) in [5.41, 5.74) is 7.18. The highest BCUT2D eigenvalue weighted by atomic mass is 35.5. The summed E-state index contributed by atoms with van der Waals surface area (Å²) in [6.45, 7) is 10.7. The summed E-state index contributed by atoms with van der Waals surface area (Å²) in [6, 6.07) is 2.28. The number of rotatable bonds is 5. The van der Waals surface area contributed by atoms with E-state index in [4.69, 9.17) is 11.6 Å². The Bertz CT molecular complexity index is 332. The van der Waals surface area contributed by atoms with Crippen molar-refractivity contribution in [3.8, 4) is 0 Å². The molecule has 1 N–H and O–H groups in total. The number of aryl methyl sites for hydroxylation is 2. The van der Waals surface area contributed by atoms with Crippen LogP contribution in [0.2, 0.25) is 0 Å². The fourth-order valence-corrected chi connectivity index (χ4v) is 2.21. The minimum absolute atomic E-state index is 0.685. The van der Waals surface area contributed by atoms with Gasteiger partial charge in [-0.2, -0.15) is 0 Å². The van der Waals surface area contributed by atoms with E-state index in [1.165, 1.54) is 27.8 Å². The van der Waals surface area contributed by atoms with Crippen LogP contribution >= 0.6 is 11.6 Å². The van der Waals surface area contributed by atoms with Crippen LogP contribution in [0.25, 0.3) is 0 Å². The molecule has 0 radical (unpaired) electrons. The maximum absolute atomic E-state index is 5.63. The lowest BCUT2D eigenvalue weighted by Gasteiger charge is -2.15. The zero-order valence-electron chi connectivity index (χ0n) is 10.8. The summed E-state index contributed by atoms with van der Waals surface area (Å²) in [6.07, 6.45) is 1.09. The zero-order valence-corrected chi connectivity index (χ0v) is 11.5. The SMILES string of the molecule is Cc1cc(C)c(C)c(CCNCCCl)c1C. The van der Waals surface area contributed by atoms with Crippen LogP contribution < -0.4 is 5.32 Å². The number of nitrogens with one attached hydrogen (secondary N) is 1. The van der Waals surface area contributed by atoms with Crippen molar-refractivity contribution < 1.29 is 0 Å².